The van der Waals surface area contributed by atoms with E-state index in [2.05, 4.69) is 4.98 Å². The number of carbonyl (C=O) groups is 1. The number of nitrogens with one attached hydrogen (secondary N) is 1. The molecular weight excluding hydrogens is 668 g/mol. The van der Waals surface area contributed by atoms with Crippen molar-refractivity contribution < 1.29 is 41.3 Å². The SMILES string of the molecule is Cc1c(-c2cc(Oc3c(F)cc4[nH]ccc4c3F)ccc2F)nc2n1CCN(C(=O)OC(C)(C)C)C2c1cccc(CC2COC(C)(C)O2)c1F. The van der Waals surface area contributed by atoms with Crippen molar-refractivity contribution in [3.8, 4) is 22.8 Å². The van der Waals surface area contributed by atoms with Crippen LogP contribution in [0, 0.1) is 30.2 Å². The lowest BCUT2D eigenvalue weighted by Gasteiger charge is -2.37. The van der Waals surface area contributed by atoms with E-state index in [0.717, 1.165) is 12.1 Å². The molecule has 2 aromatic heterocycles. The van der Waals surface area contributed by atoms with Crippen molar-refractivity contribution in [2.75, 3.05) is 13.2 Å². The number of benzene rings is 3. The van der Waals surface area contributed by atoms with Crippen molar-refractivity contribution in [1.29, 1.82) is 0 Å². The van der Waals surface area contributed by atoms with E-state index in [4.69, 9.17) is 23.9 Å². The highest BCUT2D eigenvalue weighted by molar-refractivity contribution is 5.82. The van der Waals surface area contributed by atoms with Crippen LogP contribution >= 0.6 is 0 Å². The first-order chi connectivity index (χ1) is 24.1. The molecule has 13 heteroatoms. The fourth-order valence-corrected chi connectivity index (χ4v) is 6.75. The van der Waals surface area contributed by atoms with E-state index < -0.39 is 52.5 Å². The van der Waals surface area contributed by atoms with Crippen molar-refractivity contribution in [3.63, 3.8) is 0 Å². The van der Waals surface area contributed by atoms with Crippen LogP contribution < -0.4 is 4.74 Å². The molecule has 1 N–H and O–H groups in total. The molecule has 0 saturated carbocycles. The summed E-state index contributed by atoms with van der Waals surface area (Å²) in [5, 5.41) is 0.135. The lowest BCUT2D eigenvalue weighted by molar-refractivity contribution is -0.138. The Balaban J connectivity index is 1.29. The van der Waals surface area contributed by atoms with Gasteiger partial charge in [0.15, 0.2) is 23.2 Å². The first-order valence-corrected chi connectivity index (χ1v) is 16.7. The maximum Gasteiger partial charge on any atom is 0.411 e. The number of rotatable bonds is 6. The summed E-state index contributed by atoms with van der Waals surface area (Å²) in [6, 6.07) is 10.2. The molecule has 0 spiro atoms. The minimum atomic E-state index is -1.04. The second kappa shape index (κ2) is 12.7. The van der Waals surface area contributed by atoms with Crippen molar-refractivity contribution in [1.82, 2.24) is 19.4 Å². The van der Waals surface area contributed by atoms with Crippen LogP contribution in [0.25, 0.3) is 22.2 Å². The molecule has 268 valence electrons. The molecule has 2 aliphatic heterocycles. The van der Waals surface area contributed by atoms with E-state index in [9.17, 15) is 9.18 Å². The summed E-state index contributed by atoms with van der Waals surface area (Å²) >= 11 is 0. The van der Waals surface area contributed by atoms with Gasteiger partial charge in [-0.3, -0.25) is 4.90 Å². The van der Waals surface area contributed by atoms with Gasteiger partial charge in [0.2, 0.25) is 0 Å². The Bertz CT molecular complexity index is 2150. The number of amides is 1. The van der Waals surface area contributed by atoms with E-state index in [-0.39, 0.29) is 64.9 Å². The second-order valence-electron chi connectivity index (χ2n) is 14.3. The highest BCUT2D eigenvalue weighted by atomic mass is 19.1. The molecule has 1 fully saturated rings. The molecule has 4 heterocycles. The van der Waals surface area contributed by atoms with Gasteiger partial charge in [-0.1, -0.05) is 18.2 Å². The fourth-order valence-electron chi connectivity index (χ4n) is 6.75. The van der Waals surface area contributed by atoms with Crippen LogP contribution in [0.2, 0.25) is 0 Å². The van der Waals surface area contributed by atoms with Crippen LogP contribution in [0.15, 0.2) is 54.7 Å². The number of halogens is 4. The highest BCUT2D eigenvalue weighted by Crippen LogP contribution is 2.41. The van der Waals surface area contributed by atoms with Crippen LogP contribution in [0.4, 0.5) is 22.4 Å². The molecule has 0 aliphatic carbocycles. The standard InChI is InChI=1S/C38H38F4N4O5/c1-20-32(26-17-22(10-11-27(26)39)49-34-28(40)18-29-24(31(34)42)12-13-43-29)44-35-33(46(15-14-45(20)35)36(47)51-37(2,3)4)25-9-7-8-21(30(25)41)16-23-19-48-38(5,6)50-23/h7-13,17-18,23,33,43H,14-16,19H2,1-6H3. The van der Waals surface area contributed by atoms with Gasteiger partial charge in [0.1, 0.15) is 34.9 Å². The zero-order valence-electron chi connectivity index (χ0n) is 29.1. The van der Waals surface area contributed by atoms with Crippen molar-refractivity contribution in [2.45, 2.75) is 78.0 Å². The number of hydrogen-bond donors (Lipinski definition) is 1. The zero-order chi connectivity index (χ0) is 36.4. The van der Waals surface area contributed by atoms with Crippen molar-refractivity contribution in [3.05, 3.63) is 101 Å². The van der Waals surface area contributed by atoms with Gasteiger partial charge in [0.05, 0.1) is 23.9 Å². The van der Waals surface area contributed by atoms with E-state index in [1.54, 1.807) is 59.7 Å². The third-order valence-electron chi connectivity index (χ3n) is 9.03. The molecule has 2 aliphatic rings. The van der Waals surface area contributed by atoms with Crippen molar-refractivity contribution in [2.24, 2.45) is 0 Å². The molecule has 51 heavy (non-hydrogen) atoms. The highest BCUT2D eigenvalue weighted by Gasteiger charge is 2.40. The minimum absolute atomic E-state index is 0.00627. The molecule has 9 nitrogen and oxygen atoms in total. The van der Waals surface area contributed by atoms with E-state index in [0.29, 0.717) is 17.9 Å². The van der Waals surface area contributed by atoms with Gasteiger partial charge in [-0.05, 0) is 71.4 Å². The number of H-pyrrole nitrogens is 1. The number of hydrogen-bond acceptors (Lipinski definition) is 6. The third kappa shape index (κ3) is 6.56. The topological polar surface area (TPSA) is 90.8 Å². The quantitative estimate of drug-likeness (QED) is 0.178. The lowest BCUT2D eigenvalue weighted by Crippen LogP contribution is -2.45. The number of ether oxygens (including phenoxy) is 4. The Kier molecular flexibility index (Phi) is 8.62. The van der Waals surface area contributed by atoms with Crippen LogP contribution in [-0.4, -0.2) is 56.2 Å². The first kappa shape index (κ1) is 34.6. The fraction of sp³-hybridized carbons (Fsp3) is 0.368. The first-order valence-electron chi connectivity index (χ1n) is 16.7. The molecule has 7 rings (SSSR count). The summed E-state index contributed by atoms with van der Waals surface area (Å²) in [5.74, 6) is -4.22. The summed E-state index contributed by atoms with van der Waals surface area (Å²) < 4.78 is 87.2. The molecule has 3 aromatic carbocycles. The Morgan fingerprint density at radius 3 is 2.55 bits per heavy atom. The number of nitrogens with zero attached hydrogens (tertiary/aromatic N) is 3. The van der Waals surface area contributed by atoms with Gasteiger partial charge >= 0.3 is 6.09 Å². The second-order valence-corrected chi connectivity index (χ2v) is 14.3. The number of aromatic amines is 1. The summed E-state index contributed by atoms with van der Waals surface area (Å²) in [4.78, 5) is 22.7. The minimum Gasteiger partial charge on any atom is -0.451 e. The van der Waals surface area contributed by atoms with Gasteiger partial charge in [-0.25, -0.2) is 27.3 Å². The normalized spacial score (nSPS) is 18.7. The maximum atomic E-state index is 16.6. The Morgan fingerprint density at radius 1 is 1.04 bits per heavy atom. The van der Waals surface area contributed by atoms with Crippen LogP contribution in [0.1, 0.15) is 63.3 Å². The molecule has 1 saturated heterocycles. The monoisotopic (exact) mass is 706 g/mol. The van der Waals surface area contributed by atoms with Gasteiger partial charge < -0.3 is 28.5 Å². The molecule has 5 aromatic rings. The van der Waals surface area contributed by atoms with Crippen LogP contribution in [-0.2, 0) is 27.2 Å². The average Bonchev–Trinajstić information content (AvgIpc) is 3.76. The third-order valence-corrected chi connectivity index (χ3v) is 9.03. The molecule has 0 radical (unpaired) electrons. The predicted octanol–water partition coefficient (Wildman–Crippen LogP) is 8.72. The summed E-state index contributed by atoms with van der Waals surface area (Å²) in [6.45, 7) is 11.3. The summed E-state index contributed by atoms with van der Waals surface area (Å²) in [5.41, 5.74) is 0.704. The molecule has 0 bridgehead atoms. The lowest BCUT2D eigenvalue weighted by atomic mass is 9.97. The summed E-state index contributed by atoms with van der Waals surface area (Å²) in [7, 11) is 0. The van der Waals surface area contributed by atoms with Gasteiger partial charge in [-0.2, -0.15) is 0 Å². The van der Waals surface area contributed by atoms with Gasteiger partial charge in [-0.15, -0.1) is 0 Å². The van der Waals surface area contributed by atoms with Crippen molar-refractivity contribution >= 4 is 17.0 Å². The Labute approximate surface area is 292 Å². The van der Waals surface area contributed by atoms with E-state index in [1.807, 2.05) is 4.57 Å². The molecule has 1 amide bonds. The maximum absolute atomic E-state index is 16.6. The number of aromatic nitrogens is 3. The molecule has 2 atom stereocenters. The zero-order valence-corrected chi connectivity index (χ0v) is 29.1. The van der Waals surface area contributed by atoms with Crippen LogP contribution in [0.3, 0.4) is 0 Å². The van der Waals surface area contributed by atoms with E-state index >= 15 is 13.2 Å². The molecule has 2 unspecified atom stereocenters. The van der Waals surface area contributed by atoms with Gasteiger partial charge in [0, 0.05) is 54.0 Å². The summed E-state index contributed by atoms with van der Waals surface area (Å²) in [6.07, 6.45) is 0.676. The van der Waals surface area contributed by atoms with Gasteiger partial charge in [0.25, 0.3) is 0 Å². The number of imidazole rings is 1. The Morgan fingerprint density at radius 2 is 1.82 bits per heavy atom. The molecular formula is C38H38F4N4O5. The Hall–Kier alpha value is -4.88. The largest absolute Gasteiger partial charge is 0.451 e. The predicted molar refractivity (Wildman–Crippen MR) is 180 cm³/mol. The number of carbonyl (C=O) groups excluding carboxylic acids is 1. The smallest absolute Gasteiger partial charge is 0.411 e. The van der Waals surface area contributed by atoms with Crippen LogP contribution in [0.5, 0.6) is 11.5 Å². The van der Waals surface area contributed by atoms with E-state index in [1.165, 1.54) is 29.3 Å². The average molecular weight is 707 g/mol. The number of fused-ring (bicyclic) bond motifs is 2.